The van der Waals surface area contributed by atoms with E-state index < -0.39 is 17.9 Å². The quantitative estimate of drug-likeness (QED) is 0.804. The molecule has 0 bridgehead atoms. The summed E-state index contributed by atoms with van der Waals surface area (Å²) in [5.74, 6) is -2.37. The van der Waals surface area contributed by atoms with Gasteiger partial charge in [-0.3, -0.25) is 9.59 Å². The summed E-state index contributed by atoms with van der Waals surface area (Å²) in [4.78, 5) is 37.9. The third-order valence-corrected chi connectivity index (χ3v) is 4.81. The van der Waals surface area contributed by atoms with Gasteiger partial charge in [0, 0.05) is 23.9 Å². The van der Waals surface area contributed by atoms with Crippen molar-refractivity contribution in [1.82, 2.24) is 5.32 Å². The zero-order chi connectivity index (χ0) is 19.4. The van der Waals surface area contributed by atoms with Crippen LogP contribution in [-0.2, 0) is 23.9 Å². The first kappa shape index (κ1) is 18.9. The molecule has 0 amide bonds. The Kier molecular flexibility index (Phi) is 5.74. The van der Waals surface area contributed by atoms with Gasteiger partial charge in [-0.2, -0.15) is 0 Å². The number of esters is 2. The first-order chi connectivity index (χ1) is 13.1. The average Bonchev–Trinajstić information content (AvgIpc) is 2.68. The van der Waals surface area contributed by atoms with Gasteiger partial charge in [-0.25, -0.2) is 4.79 Å². The summed E-state index contributed by atoms with van der Waals surface area (Å²) < 4.78 is 10.2. The molecule has 2 atom stereocenters. The number of benzene rings is 1. The molecule has 0 spiro atoms. The number of carbonyl (C=O) groups is 3. The molecule has 0 radical (unpaired) electrons. The van der Waals surface area contributed by atoms with Crippen molar-refractivity contribution in [1.29, 1.82) is 0 Å². The largest absolute Gasteiger partial charge is 0.465 e. The predicted molar refractivity (Wildman–Crippen MR) is 98.4 cm³/mol. The van der Waals surface area contributed by atoms with E-state index in [2.05, 4.69) is 5.32 Å². The highest BCUT2D eigenvalue weighted by Crippen LogP contribution is 2.40. The lowest BCUT2D eigenvalue weighted by Crippen LogP contribution is -2.38. The lowest BCUT2D eigenvalue weighted by Gasteiger charge is -2.33. The lowest BCUT2D eigenvalue weighted by atomic mass is 9.75. The summed E-state index contributed by atoms with van der Waals surface area (Å²) >= 11 is 0. The van der Waals surface area contributed by atoms with Crippen molar-refractivity contribution < 1.29 is 23.9 Å². The number of nitrogens with one attached hydrogen (secondary N) is 1. The number of dihydropyridines is 1. The van der Waals surface area contributed by atoms with Crippen LogP contribution in [0.3, 0.4) is 0 Å². The third-order valence-electron chi connectivity index (χ3n) is 4.81. The summed E-state index contributed by atoms with van der Waals surface area (Å²) in [7, 11) is 0. The number of ether oxygens (including phenoxy) is 2. The molecule has 142 valence electrons. The van der Waals surface area contributed by atoms with Crippen LogP contribution in [0, 0.1) is 5.92 Å². The predicted octanol–water partition coefficient (Wildman–Crippen LogP) is 2.62. The highest BCUT2D eigenvalue weighted by atomic mass is 16.5. The summed E-state index contributed by atoms with van der Waals surface area (Å²) in [5, 5.41) is 3.06. The minimum Gasteiger partial charge on any atom is -0.465 e. The Bertz CT molecular complexity index is 809. The number of rotatable bonds is 5. The van der Waals surface area contributed by atoms with Gasteiger partial charge >= 0.3 is 11.9 Å². The number of carbonyl (C=O) groups excluding carboxylic acids is 3. The molecule has 3 rings (SSSR count). The average molecular weight is 369 g/mol. The molecule has 0 saturated carbocycles. The molecule has 2 aliphatic rings. The van der Waals surface area contributed by atoms with E-state index in [0.717, 1.165) is 5.56 Å². The van der Waals surface area contributed by atoms with E-state index >= 15 is 0 Å². The minimum absolute atomic E-state index is 0.0327. The Morgan fingerprint density at radius 1 is 1.07 bits per heavy atom. The Hall–Kier alpha value is -2.89. The monoisotopic (exact) mass is 369 g/mol. The smallest absolute Gasteiger partial charge is 0.336 e. The van der Waals surface area contributed by atoms with Crippen LogP contribution in [0.25, 0.3) is 0 Å². The van der Waals surface area contributed by atoms with Gasteiger partial charge in [-0.1, -0.05) is 30.3 Å². The fourth-order valence-electron chi connectivity index (χ4n) is 3.63. The zero-order valence-electron chi connectivity index (χ0n) is 15.5. The minimum atomic E-state index is -1.04. The fourth-order valence-corrected chi connectivity index (χ4v) is 3.63. The maximum atomic E-state index is 13.0. The van der Waals surface area contributed by atoms with Crippen molar-refractivity contribution in [3.63, 3.8) is 0 Å². The van der Waals surface area contributed by atoms with Crippen molar-refractivity contribution in [2.75, 3.05) is 13.2 Å². The van der Waals surface area contributed by atoms with Crippen molar-refractivity contribution >= 4 is 17.7 Å². The van der Waals surface area contributed by atoms with Gasteiger partial charge in [-0.15, -0.1) is 0 Å². The molecule has 1 aromatic carbocycles. The highest BCUT2D eigenvalue weighted by Gasteiger charge is 2.43. The standard InChI is InChI=1S/C21H23NO5/c1-3-26-20(24)15-12-22-16-10-14(13-8-6-5-7-9-13)11-17(23)19(16)18(15)21(25)27-4-2/h5-9,12,14,18,22H,3-4,10-11H2,1-2H3/t14-,18-/m0/s1. The van der Waals surface area contributed by atoms with E-state index in [1.807, 2.05) is 30.3 Å². The molecular weight excluding hydrogens is 346 g/mol. The number of ketones is 1. The van der Waals surface area contributed by atoms with Crippen molar-refractivity contribution in [3.8, 4) is 0 Å². The van der Waals surface area contributed by atoms with Crippen LogP contribution in [-0.4, -0.2) is 30.9 Å². The topological polar surface area (TPSA) is 81.7 Å². The molecule has 1 N–H and O–H groups in total. The molecule has 6 nitrogen and oxygen atoms in total. The molecule has 0 fully saturated rings. The summed E-state index contributed by atoms with van der Waals surface area (Å²) in [6, 6.07) is 9.81. The van der Waals surface area contributed by atoms with Gasteiger partial charge < -0.3 is 14.8 Å². The molecular formula is C21H23NO5. The molecule has 0 aromatic heterocycles. The maximum absolute atomic E-state index is 13.0. The van der Waals surface area contributed by atoms with Crippen LogP contribution < -0.4 is 5.32 Å². The number of Topliss-reactive ketones (excluding diaryl/α,β-unsaturated/α-hetero) is 1. The molecule has 1 aliphatic heterocycles. The second kappa shape index (κ2) is 8.20. The Labute approximate surface area is 158 Å². The molecule has 0 unspecified atom stereocenters. The first-order valence-electron chi connectivity index (χ1n) is 9.18. The second-order valence-corrected chi connectivity index (χ2v) is 6.48. The molecule has 6 heteroatoms. The zero-order valence-corrected chi connectivity index (χ0v) is 15.5. The van der Waals surface area contributed by atoms with Crippen LogP contribution in [0.2, 0.25) is 0 Å². The van der Waals surface area contributed by atoms with Crippen LogP contribution in [0.15, 0.2) is 53.4 Å². The number of hydrogen-bond donors (Lipinski definition) is 1. The van der Waals surface area contributed by atoms with Gasteiger partial charge in [0.05, 0.1) is 18.8 Å². The fraction of sp³-hybridized carbons (Fsp3) is 0.381. The van der Waals surface area contributed by atoms with Gasteiger partial charge in [0.15, 0.2) is 5.78 Å². The van der Waals surface area contributed by atoms with Crippen molar-refractivity contribution in [3.05, 3.63) is 58.9 Å². The van der Waals surface area contributed by atoms with Crippen LogP contribution in [0.5, 0.6) is 0 Å². The highest BCUT2D eigenvalue weighted by molar-refractivity contribution is 6.08. The van der Waals surface area contributed by atoms with E-state index in [-0.39, 0.29) is 36.9 Å². The third kappa shape index (κ3) is 3.79. The Morgan fingerprint density at radius 2 is 1.78 bits per heavy atom. The Balaban J connectivity index is 1.95. The van der Waals surface area contributed by atoms with Crippen LogP contribution >= 0.6 is 0 Å². The van der Waals surface area contributed by atoms with E-state index in [0.29, 0.717) is 17.7 Å². The molecule has 1 aliphatic carbocycles. The van der Waals surface area contributed by atoms with Gasteiger partial charge in [0.1, 0.15) is 5.92 Å². The van der Waals surface area contributed by atoms with E-state index in [1.165, 1.54) is 6.20 Å². The second-order valence-electron chi connectivity index (χ2n) is 6.48. The lowest BCUT2D eigenvalue weighted by molar-refractivity contribution is -0.149. The maximum Gasteiger partial charge on any atom is 0.336 e. The summed E-state index contributed by atoms with van der Waals surface area (Å²) in [6.07, 6.45) is 2.35. The van der Waals surface area contributed by atoms with Crippen LogP contribution in [0.1, 0.15) is 38.2 Å². The molecule has 1 heterocycles. The van der Waals surface area contributed by atoms with Gasteiger partial charge in [-0.05, 0) is 31.7 Å². The van der Waals surface area contributed by atoms with Gasteiger partial charge in [0.2, 0.25) is 0 Å². The molecule has 27 heavy (non-hydrogen) atoms. The van der Waals surface area contributed by atoms with E-state index in [4.69, 9.17) is 9.47 Å². The van der Waals surface area contributed by atoms with E-state index in [1.54, 1.807) is 13.8 Å². The summed E-state index contributed by atoms with van der Waals surface area (Å²) in [6.45, 7) is 3.73. The van der Waals surface area contributed by atoms with Crippen molar-refractivity contribution in [2.24, 2.45) is 5.92 Å². The van der Waals surface area contributed by atoms with Crippen molar-refractivity contribution in [2.45, 2.75) is 32.6 Å². The Morgan fingerprint density at radius 3 is 2.44 bits per heavy atom. The number of hydrogen-bond acceptors (Lipinski definition) is 6. The normalized spacial score (nSPS) is 21.7. The van der Waals surface area contributed by atoms with Gasteiger partial charge in [0.25, 0.3) is 0 Å². The molecule has 1 aromatic rings. The summed E-state index contributed by atoms with van der Waals surface area (Å²) in [5.41, 5.74) is 2.19. The molecule has 0 saturated heterocycles. The number of allylic oxidation sites excluding steroid dienone is 1. The SMILES string of the molecule is CCOC(=O)C1=CNC2=C(C(=O)C[C@@H](c3ccccc3)C2)[C@H]1C(=O)OCC. The first-order valence-corrected chi connectivity index (χ1v) is 9.18. The van der Waals surface area contributed by atoms with E-state index in [9.17, 15) is 14.4 Å². The van der Waals surface area contributed by atoms with Crippen LogP contribution in [0.4, 0.5) is 0 Å².